The van der Waals surface area contributed by atoms with Gasteiger partial charge in [0.1, 0.15) is 11.8 Å². The summed E-state index contributed by atoms with van der Waals surface area (Å²) in [7, 11) is -2.16. The van der Waals surface area contributed by atoms with E-state index in [1.165, 1.54) is 17.5 Å². The van der Waals surface area contributed by atoms with Crippen molar-refractivity contribution in [3.63, 3.8) is 0 Å². The minimum absolute atomic E-state index is 0.0578. The summed E-state index contributed by atoms with van der Waals surface area (Å²) in [5.41, 5.74) is 1.22. The van der Waals surface area contributed by atoms with Crippen LogP contribution in [0.25, 0.3) is 0 Å². The molecule has 0 aliphatic heterocycles. The molecule has 0 spiro atoms. The van der Waals surface area contributed by atoms with Crippen LogP contribution in [-0.2, 0) is 26.2 Å². The highest BCUT2D eigenvalue weighted by molar-refractivity contribution is 7.92. The Bertz CT molecular complexity index is 1180. The van der Waals surface area contributed by atoms with Crippen molar-refractivity contribution in [1.82, 2.24) is 10.2 Å². The molecule has 2 rings (SSSR count). The quantitative estimate of drug-likeness (QED) is 0.287. The van der Waals surface area contributed by atoms with Crippen LogP contribution < -0.4 is 14.4 Å². The fourth-order valence-corrected chi connectivity index (χ4v) is 5.36. The SMILES string of the molecule is CCCCNC(=O)[C@H](CC)N(Cc1ccc(Cl)cc1)C(=O)CCCN(c1ccc(OC)c(Cl)c1)S(C)(=O)=O. The fraction of sp³-hybridized carbons (Fsp3) is 0.481. The molecule has 210 valence electrons. The molecule has 0 saturated carbocycles. The van der Waals surface area contributed by atoms with E-state index in [1.54, 1.807) is 29.2 Å². The lowest BCUT2D eigenvalue weighted by Gasteiger charge is -2.31. The van der Waals surface area contributed by atoms with Crippen LogP contribution in [0.2, 0.25) is 10.0 Å². The van der Waals surface area contributed by atoms with Gasteiger partial charge in [0.15, 0.2) is 0 Å². The van der Waals surface area contributed by atoms with Crippen molar-refractivity contribution >= 4 is 50.7 Å². The third kappa shape index (κ3) is 9.36. The number of unbranched alkanes of at least 4 members (excludes halogenated alkanes) is 1. The lowest BCUT2D eigenvalue weighted by atomic mass is 10.1. The second kappa shape index (κ2) is 15.2. The number of sulfonamides is 1. The Balaban J connectivity index is 2.21. The van der Waals surface area contributed by atoms with Crippen LogP contribution >= 0.6 is 23.2 Å². The lowest BCUT2D eigenvalue weighted by Crippen LogP contribution is -2.49. The van der Waals surface area contributed by atoms with Crippen LogP contribution in [0, 0.1) is 0 Å². The van der Waals surface area contributed by atoms with Gasteiger partial charge in [-0.3, -0.25) is 13.9 Å². The third-order valence-corrected chi connectivity index (χ3v) is 7.80. The van der Waals surface area contributed by atoms with E-state index in [0.29, 0.717) is 29.4 Å². The number of carbonyl (C=O) groups excluding carboxylic acids is 2. The van der Waals surface area contributed by atoms with E-state index in [1.807, 2.05) is 26.0 Å². The minimum Gasteiger partial charge on any atom is -0.495 e. The molecular formula is C27H37Cl2N3O5S. The number of hydrogen-bond acceptors (Lipinski definition) is 5. The first-order valence-electron chi connectivity index (χ1n) is 12.6. The molecule has 0 radical (unpaired) electrons. The van der Waals surface area contributed by atoms with E-state index < -0.39 is 16.1 Å². The van der Waals surface area contributed by atoms with Gasteiger partial charge >= 0.3 is 0 Å². The maximum absolute atomic E-state index is 13.5. The molecule has 0 bridgehead atoms. The normalized spacial score (nSPS) is 12.1. The Morgan fingerprint density at radius 2 is 1.74 bits per heavy atom. The van der Waals surface area contributed by atoms with Crippen molar-refractivity contribution in [2.45, 2.75) is 58.5 Å². The van der Waals surface area contributed by atoms with E-state index in [4.69, 9.17) is 27.9 Å². The summed E-state index contributed by atoms with van der Waals surface area (Å²) in [5.74, 6) is -0.00716. The average molecular weight is 587 g/mol. The number of hydrogen-bond donors (Lipinski definition) is 1. The van der Waals surface area contributed by atoms with E-state index in [0.717, 1.165) is 24.7 Å². The molecule has 8 nitrogen and oxygen atoms in total. The average Bonchev–Trinajstić information content (AvgIpc) is 2.87. The summed E-state index contributed by atoms with van der Waals surface area (Å²) in [6.07, 6.45) is 3.65. The first-order chi connectivity index (χ1) is 18.0. The van der Waals surface area contributed by atoms with Crippen molar-refractivity contribution in [3.8, 4) is 5.75 Å². The zero-order valence-corrected chi connectivity index (χ0v) is 24.7. The van der Waals surface area contributed by atoms with Gasteiger partial charge in [-0.25, -0.2) is 8.42 Å². The maximum Gasteiger partial charge on any atom is 0.242 e. The number of nitrogens with one attached hydrogen (secondary N) is 1. The standard InChI is InChI=1S/C27H37Cl2N3O5S/c1-5-7-16-30-27(34)24(6-2)31(19-20-10-12-21(28)13-11-20)26(33)9-8-17-32(38(4,35)36)22-14-15-25(37-3)23(29)18-22/h10-15,18,24H,5-9,16-17,19H2,1-4H3,(H,30,34)/t24-/m0/s1. The highest BCUT2D eigenvalue weighted by Gasteiger charge is 2.28. The smallest absolute Gasteiger partial charge is 0.242 e. The van der Waals surface area contributed by atoms with E-state index in [-0.39, 0.29) is 42.8 Å². The molecule has 38 heavy (non-hydrogen) atoms. The van der Waals surface area contributed by atoms with Gasteiger partial charge in [0.05, 0.1) is 24.1 Å². The minimum atomic E-state index is -3.64. The molecule has 0 aliphatic rings. The van der Waals surface area contributed by atoms with Gasteiger partial charge in [0, 0.05) is 31.1 Å². The van der Waals surface area contributed by atoms with Crippen LogP contribution in [-0.4, -0.2) is 57.6 Å². The second-order valence-electron chi connectivity index (χ2n) is 8.97. The van der Waals surface area contributed by atoms with Crippen molar-refractivity contribution in [1.29, 1.82) is 0 Å². The van der Waals surface area contributed by atoms with E-state index >= 15 is 0 Å². The summed E-state index contributed by atoms with van der Waals surface area (Å²) in [5, 5.41) is 3.79. The van der Waals surface area contributed by atoms with Crippen molar-refractivity contribution in [3.05, 3.63) is 58.1 Å². The Kier molecular flexibility index (Phi) is 12.7. The molecule has 1 N–H and O–H groups in total. The van der Waals surface area contributed by atoms with E-state index in [9.17, 15) is 18.0 Å². The van der Waals surface area contributed by atoms with Crippen LogP contribution in [0.15, 0.2) is 42.5 Å². The number of rotatable bonds is 15. The zero-order valence-electron chi connectivity index (χ0n) is 22.4. The van der Waals surface area contributed by atoms with E-state index in [2.05, 4.69) is 5.32 Å². The molecule has 0 aliphatic carbocycles. The van der Waals surface area contributed by atoms with Crippen molar-refractivity contribution < 1.29 is 22.7 Å². The predicted molar refractivity (Wildman–Crippen MR) is 153 cm³/mol. The summed E-state index contributed by atoms with van der Waals surface area (Å²) in [6, 6.07) is 11.2. The third-order valence-electron chi connectivity index (χ3n) is 6.06. The summed E-state index contributed by atoms with van der Waals surface area (Å²) in [4.78, 5) is 28.0. The van der Waals surface area contributed by atoms with Gasteiger partial charge in [-0.1, -0.05) is 55.6 Å². The fourth-order valence-electron chi connectivity index (χ4n) is 4.03. The number of anilines is 1. The van der Waals surface area contributed by atoms with Gasteiger partial charge in [-0.15, -0.1) is 0 Å². The maximum atomic E-state index is 13.5. The van der Waals surface area contributed by atoms with Gasteiger partial charge in [0.2, 0.25) is 21.8 Å². The van der Waals surface area contributed by atoms with Crippen LogP contribution in [0.3, 0.4) is 0 Å². The number of benzene rings is 2. The van der Waals surface area contributed by atoms with Crippen molar-refractivity contribution in [2.24, 2.45) is 0 Å². The van der Waals surface area contributed by atoms with Gasteiger partial charge in [-0.2, -0.15) is 0 Å². The second-order valence-corrected chi connectivity index (χ2v) is 11.7. The number of nitrogens with zero attached hydrogens (tertiary/aromatic N) is 2. The number of methoxy groups -OCH3 is 1. The topological polar surface area (TPSA) is 96.0 Å². The summed E-state index contributed by atoms with van der Waals surface area (Å²) >= 11 is 12.2. The molecule has 2 amide bonds. The summed E-state index contributed by atoms with van der Waals surface area (Å²) < 4.78 is 31.4. The van der Waals surface area contributed by atoms with Gasteiger partial charge in [-0.05, 0) is 55.2 Å². The van der Waals surface area contributed by atoms with Gasteiger partial charge < -0.3 is 15.0 Å². The Labute approximate surface area is 236 Å². The number of ether oxygens (including phenoxy) is 1. The summed E-state index contributed by atoms with van der Waals surface area (Å²) in [6.45, 7) is 4.76. The molecule has 0 fully saturated rings. The van der Waals surface area contributed by atoms with Crippen LogP contribution in [0.1, 0.15) is 51.5 Å². The van der Waals surface area contributed by atoms with Crippen molar-refractivity contribution in [2.75, 3.05) is 30.8 Å². The molecule has 1 atom stereocenters. The van der Waals surface area contributed by atoms with Gasteiger partial charge in [0.25, 0.3) is 0 Å². The van der Waals surface area contributed by atoms with Crippen LogP contribution in [0.5, 0.6) is 5.75 Å². The molecule has 0 saturated heterocycles. The molecule has 2 aromatic rings. The molecule has 0 aromatic heterocycles. The molecule has 2 aromatic carbocycles. The molecule has 11 heteroatoms. The first-order valence-corrected chi connectivity index (χ1v) is 15.2. The largest absolute Gasteiger partial charge is 0.495 e. The Morgan fingerprint density at radius 1 is 1.05 bits per heavy atom. The first kappa shape index (κ1) is 31.7. The molecule has 0 unspecified atom stereocenters. The number of amides is 2. The number of carbonyl (C=O) groups is 2. The zero-order chi connectivity index (χ0) is 28.3. The highest BCUT2D eigenvalue weighted by Crippen LogP contribution is 2.30. The highest BCUT2D eigenvalue weighted by atomic mass is 35.5. The predicted octanol–water partition coefficient (Wildman–Crippen LogP) is 5.27. The monoisotopic (exact) mass is 585 g/mol. The van der Waals surface area contributed by atoms with Crippen LogP contribution in [0.4, 0.5) is 5.69 Å². The molecule has 0 heterocycles. The number of halogens is 2. The Morgan fingerprint density at radius 3 is 2.29 bits per heavy atom. The lowest BCUT2D eigenvalue weighted by molar-refractivity contribution is -0.141. The molecular weight excluding hydrogens is 549 g/mol. The Hall–Kier alpha value is -2.49.